The van der Waals surface area contributed by atoms with Gasteiger partial charge in [-0.15, -0.1) is 0 Å². The van der Waals surface area contributed by atoms with Gasteiger partial charge in [0.2, 0.25) is 5.91 Å². The van der Waals surface area contributed by atoms with Gasteiger partial charge in [0.05, 0.1) is 12.6 Å². The molecular formula is C12H18F3N3O. The molecule has 2 aliphatic heterocycles. The molecule has 2 heterocycles. The number of piperidine rings is 1. The Morgan fingerprint density at radius 3 is 2.79 bits per heavy atom. The van der Waals surface area contributed by atoms with E-state index in [-0.39, 0.29) is 18.0 Å². The van der Waals surface area contributed by atoms with Crippen molar-refractivity contribution >= 4 is 5.91 Å². The smallest absolute Gasteiger partial charge is 0.351 e. The number of rotatable bonds is 3. The molecular weight excluding hydrogens is 259 g/mol. The van der Waals surface area contributed by atoms with Gasteiger partial charge in [-0.2, -0.15) is 13.2 Å². The number of nitrogens with zero attached hydrogens (tertiary/aromatic N) is 1. The molecule has 2 saturated heterocycles. The number of fused-ring (bicyclic) bond motifs is 1. The number of alkyl halides is 3. The van der Waals surface area contributed by atoms with Gasteiger partial charge in [0.25, 0.3) is 0 Å². The van der Waals surface area contributed by atoms with E-state index in [1.54, 1.807) is 0 Å². The van der Waals surface area contributed by atoms with Gasteiger partial charge in [0.1, 0.15) is 0 Å². The molecule has 1 unspecified atom stereocenters. The summed E-state index contributed by atoms with van der Waals surface area (Å²) in [7, 11) is 0. The number of carbonyl (C=O) groups excluding carboxylic acids is 1. The topological polar surface area (TPSA) is 44.4 Å². The predicted octanol–water partition coefficient (Wildman–Crippen LogP) is 0.490. The molecule has 0 spiro atoms. The first-order chi connectivity index (χ1) is 8.90. The van der Waals surface area contributed by atoms with Crippen molar-refractivity contribution in [1.82, 2.24) is 15.5 Å². The number of likely N-dealkylation sites (tertiary alicyclic amines) is 1. The van der Waals surface area contributed by atoms with Crippen LogP contribution < -0.4 is 10.6 Å². The molecule has 0 bridgehead atoms. The zero-order valence-electron chi connectivity index (χ0n) is 10.5. The fourth-order valence-electron chi connectivity index (χ4n) is 3.17. The summed E-state index contributed by atoms with van der Waals surface area (Å²) in [5.74, 6) is 0.590. The van der Waals surface area contributed by atoms with Crippen LogP contribution in [0.3, 0.4) is 0 Å². The fourth-order valence-corrected chi connectivity index (χ4v) is 3.17. The Bertz CT molecular complexity index is 364. The minimum atomic E-state index is -4.16. The second-order valence-electron chi connectivity index (χ2n) is 5.90. The maximum absolute atomic E-state index is 12.3. The minimum Gasteiger partial charge on any atom is -0.351 e. The summed E-state index contributed by atoms with van der Waals surface area (Å²) in [5, 5.41) is 6.11. The van der Waals surface area contributed by atoms with Crippen LogP contribution in [0.1, 0.15) is 19.3 Å². The predicted molar refractivity (Wildman–Crippen MR) is 62.5 cm³/mol. The summed E-state index contributed by atoms with van der Waals surface area (Å²) >= 11 is 0. The second-order valence-corrected chi connectivity index (χ2v) is 5.90. The Morgan fingerprint density at radius 2 is 2.16 bits per heavy atom. The lowest BCUT2D eigenvalue weighted by Crippen LogP contribution is -2.47. The normalized spacial score (nSPS) is 38.3. The molecule has 4 nitrogen and oxygen atoms in total. The standard InChI is InChI=1S/C12H18F3N3O/c13-12(14,15)6-18-2-1-8(5-18)16-11(19)10-4-7-3-9(7)17-10/h7-10,17H,1-6H2,(H,16,19)/t7-,8?,9-,10+/m1/s1. The molecule has 108 valence electrons. The van der Waals surface area contributed by atoms with E-state index in [0.29, 0.717) is 31.5 Å². The second kappa shape index (κ2) is 4.63. The zero-order chi connectivity index (χ0) is 13.6. The summed E-state index contributed by atoms with van der Waals surface area (Å²) in [4.78, 5) is 13.3. The lowest BCUT2D eigenvalue weighted by atomic mass is 10.1. The van der Waals surface area contributed by atoms with E-state index in [1.807, 2.05) is 0 Å². The molecule has 0 aromatic rings. The van der Waals surface area contributed by atoms with Crippen LogP contribution in [0, 0.1) is 5.92 Å². The Labute approximate surface area is 109 Å². The highest BCUT2D eigenvalue weighted by molar-refractivity contribution is 5.82. The van der Waals surface area contributed by atoms with Crippen LogP contribution in [0.15, 0.2) is 0 Å². The average molecular weight is 277 g/mol. The Hall–Kier alpha value is -0.820. The molecule has 1 aliphatic carbocycles. The summed E-state index contributed by atoms with van der Waals surface area (Å²) in [6.45, 7) is -0.191. The van der Waals surface area contributed by atoms with E-state index >= 15 is 0 Å². The van der Waals surface area contributed by atoms with Crippen molar-refractivity contribution < 1.29 is 18.0 Å². The lowest BCUT2D eigenvalue weighted by Gasteiger charge is -2.20. The molecule has 3 fully saturated rings. The molecule has 0 radical (unpaired) electrons. The Balaban J connectivity index is 1.42. The van der Waals surface area contributed by atoms with Crippen molar-refractivity contribution in [3.63, 3.8) is 0 Å². The summed E-state index contributed by atoms with van der Waals surface area (Å²) in [5.41, 5.74) is 0. The fraction of sp³-hybridized carbons (Fsp3) is 0.917. The molecule has 1 amide bonds. The van der Waals surface area contributed by atoms with Gasteiger partial charge in [0, 0.05) is 25.2 Å². The van der Waals surface area contributed by atoms with Gasteiger partial charge in [0.15, 0.2) is 0 Å². The third kappa shape index (κ3) is 3.20. The first-order valence-electron chi connectivity index (χ1n) is 6.76. The minimum absolute atomic E-state index is 0.0499. The van der Waals surface area contributed by atoms with Crippen molar-refractivity contribution in [3.8, 4) is 0 Å². The summed E-state index contributed by atoms with van der Waals surface area (Å²) < 4.78 is 36.8. The molecule has 19 heavy (non-hydrogen) atoms. The van der Waals surface area contributed by atoms with Gasteiger partial charge in [-0.25, -0.2) is 0 Å². The van der Waals surface area contributed by atoms with E-state index in [9.17, 15) is 18.0 Å². The van der Waals surface area contributed by atoms with Crippen LogP contribution in [0.5, 0.6) is 0 Å². The molecule has 1 saturated carbocycles. The highest BCUT2D eigenvalue weighted by atomic mass is 19.4. The largest absolute Gasteiger partial charge is 0.401 e. The molecule has 7 heteroatoms. The van der Waals surface area contributed by atoms with Crippen molar-refractivity contribution in [2.75, 3.05) is 19.6 Å². The van der Waals surface area contributed by atoms with Gasteiger partial charge in [-0.05, 0) is 25.2 Å². The van der Waals surface area contributed by atoms with Crippen molar-refractivity contribution in [3.05, 3.63) is 0 Å². The van der Waals surface area contributed by atoms with E-state index in [0.717, 1.165) is 12.8 Å². The molecule has 3 aliphatic rings. The van der Waals surface area contributed by atoms with Crippen molar-refractivity contribution in [2.45, 2.75) is 43.6 Å². The maximum Gasteiger partial charge on any atom is 0.401 e. The quantitative estimate of drug-likeness (QED) is 0.789. The van der Waals surface area contributed by atoms with Crippen LogP contribution in [0.4, 0.5) is 13.2 Å². The first kappa shape index (κ1) is 13.2. The number of hydrogen-bond acceptors (Lipinski definition) is 3. The van der Waals surface area contributed by atoms with E-state index in [2.05, 4.69) is 10.6 Å². The molecule has 4 atom stereocenters. The summed E-state index contributed by atoms with van der Waals surface area (Å²) in [6, 6.07) is 0.218. The molecule has 0 aromatic carbocycles. The van der Waals surface area contributed by atoms with E-state index in [1.165, 1.54) is 4.90 Å². The van der Waals surface area contributed by atoms with Crippen LogP contribution in [0.25, 0.3) is 0 Å². The third-order valence-corrected chi connectivity index (χ3v) is 4.21. The Kier molecular flexibility index (Phi) is 3.21. The van der Waals surface area contributed by atoms with Crippen molar-refractivity contribution in [1.29, 1.82) is 0 Å². The SMILES string of the molecule is O=C(NC1CCN(CC(F)(F)F)C1)[C@@H]1C[C@H]2C[C@H]2N1. The number of hydrogen-bond donors (Lipinski definition) is 2. The van der Waals surface area contributed by atoms with Crippen LogP contribution in [-0.2, 0) is 4.79 Å². The number of carbonyl (C=O) groups is 1. The van der Waals surface area contributed by atoms with Crippen molar-refractivity contribution in [2.24, 2.45) is 5.92 Å². The summed E-state index contributed by atoms with van der Waals surface area (Å²) in [6.07, 6.45) is -1.53. The van der Waals surface area contributed by atoms with Gasteiger partial charge in [-0.1, -0.05) is 0 Å². The van der Waals surface area contributed by atoms with Gasteiger partial charge >= 0.3 is 6.18 Å². The maximum atomic E-state index is 12.3. The number of halogens is 3. The lowest BCUT2D eigenvalue weighted by molar-refractivity contribution is -0.143. The van der Waals surface area contributed by atoms with E-state index < -0.39 is 12.7 Å². The Morgan fingerprint density at radius 1 is 1.37 bits per heavy atom. The van der Waals surface area contributed by atoms with Crippen LogP contribution >= 0.6 is 0 Å². The zero-order valence-corrected chi connectivity index (χ0v) is 10.5. The first-order valence-corrected chi connectivity index (χ1v) is 6.76. The molecule has 0 aromatic heterocycles. The number of nitrogens with one attached hydrogen (secondary N) is 2. The van der Waals surface area contributed by atoms with E-state index in [4.69, 9.17) is 0 Å². The molecule has 2 N–H and O–H groups in total. The third-order valence-electron chi connectivity index (χ3n) is 4.21. The monoisotopic (exact) mass is 277 g/mol. The van der Waals surface area contributed by atoms with Gasteiger partial charge < -0.3 is 10.6 Å². The highest BCUT2D eigenvalue weighted by Crippen LogP contribution is 2.40. The van der Waals surface area contributed by atoms with Gasteiger partial charge in [-0.3, -0.25) is 9.69 Å². The highest BCUT2D eigenvalue weighted by Gasteiger charge is 2.48. The van der Waals surface area contributed by atoms with Crippen LogP contribution in [0.2, 0.25) is 0 Å². The average Bonchev–Trinajstić information content (AvgIpc) is 2.71. The number of amides is 1. The molecule has 3 rings (SSSR count). The van der Waals surface area contributed by atoms with Crippen LogP contribution in [-0.4, -0.2) is 54.7 Å².